The first-order valence-electron chi connectivity index (χ1n) is 10.0. The number of thioether (sulfide) groups is 2. The fourth-order valence-corrected chi connectivity index (χ4v) is 5.68. The van der Waals surface area contributed by atoms with E-state index >= 15 is 0 Å². The number of nitrogens with one attached hydrogen (secondary N) is 1. The minimum absolute atomic E-state index is 0.0633. The van der Waals surface area contributed by atoms with E-state index < -0.39 is 0 Å². The molecule has 1 fully saturated rings. The average molecular weight is 486 g/mol. The van der Waals surface area contributed by atoms with Crippen LogP contribution in [0.5, 0.6) is 0 Å². The normalized spacial score (nSPS) is 14.6. The Morgan fingerprint density at radius 1 is 1.23 bits per heavy atom. The molecule has 1 amide bonds. The molecule has 1 heterocycles. The van der Waals surface area contributed by atoms with Gasteiger partial charge in [-0.05, 0) is 30.5 Å². The van der Waals surface area contributed by atoms with Gasteiger partial charge in [0.25, 0.3) is 0 Å². The van der Waals surface area contributed by atoms with Gasteiger partial charge in [0.05, 0.1) is 11.5 Å². The van der Waals surface area contributed by atoms with Gasteiger partial charge in [-0.25, -0.2) is 0 Å². The van der Waals surface area contributed by atoms with E-state index in [0.29, 0.717) is 34.1 Å². The van der Waals surface area contributed by atoms with Crippen molar-refractivity contribution >= 4 is 52.6 Å². The number of carbonyl (C=O) groups excluding carboxylic acids is 1. The molecule has 0 bridgehead atoms. The number of carbonyl (C=O) groups is 1. The third-order valence-electron chi connectivity index (χ3n) is 4.91. The molecule has 1 aliphatic carbocycles. The summed E-state index contributed by atoms with van der Waals surface area (Å²) >= 11 is 15.3. The van der Waals surface area contributed by atoms with Gasteiger partial charge in [0, 0.05) is 28.4 Å². The third kappa shape index (κ3) is 6.94. The zero-order valence-corrected chi connectivity index (χ0v) is 19.9. The minimum Gasteiger partial charge on any atom is -0.353 e. The first-order valence-corrected chi connectivity index (χ1v) is 12.9. The van der Waals surface area contributed by atoms with Crippen LogP contribution in [0, 0.1) is 0 Å². The number of hydrogen-bond acceptors (Lipinski definition) is 5. The van der Waals surface area contributed by atoms with Gasteiger partial charge in [-0.15, -0.1) is 28.5 Å². The van der Waals surface area contributed by atoms with Crippen molar-refractivity contribution in [3.05, 3.63) is 52.3 Å². The van der Waals surface area contributed by atoms with Crippen LogP contribution in [0.3, 0.4) is 0 Å². The van der Waals surface area contributed by atoms with Crippen molar-refractivity contribution in [2.45, 2.75) is 61.4 Å². The van der Waals surface area contributed by atoms with E-state index in [2.05, 4.69) is 22.1 Å². The van der Waals surface area contributed by atoms with E-state index in [1.807, 2.05) is 22.8 Å². The monoisotopic (exact) mass is 484 g/mol. The van der Waals surface area contributed by atoms with Crippen LogP contribution in [0.1, 0.15) is 43.5 Å². The molecule has 1 aromatic carbocycles. The third-order valence-corrected chi connectivity index (χ3v) is 7.44. The summed E-state index contributed by atoms with van der Waals surface area (Å²) in [5.74, 6) is 2.71. The molecule has 9 heteroatoms. The van der Waals surface area contributed by atoms with Crippen molar-refractivity contribution in [1.82, 2.24) is 20.1 Å². The predicted octanol–water partition coefficient (Wildman–Crippen LogP) is 5.75. The van der Waals surface area contributed by atoms with Crippen molar-refractivity contribution in [2.24, 2.45) is 0 Å². The Bertz CT molecular complexity index is 869. The Balaban J connectivity index is 1.53. The van der Waals surface area contributed by atoms with E-state index in [1.54, 1.807) is 17.8 Å². The van der Waals surface area contributed by atoms with Crippen molar-refractivity contribution in [3.63, 3.8) is 0 Å². The molecular formula is C21H26Cl2N4OS2. The molecule has 0 spiro atoms. The summed E-state index contributed by atoms with van der Waals surface area (Å²) < 4.78 is 2.02. The summed E-state index contributed by atoms with van der Waals surface area (Å²) in [6.07, 6.45) is 7.67. The highest BCUT2D eigenvalue weighted by Crippen LogP contribution is 2.27. The number of benzene rings is 1. The lowest BCUT2D eigenvalue weighted by Gasteiger charge is -2.22. The Labute approximate surface area is 196 Å². The van der Waals surface area contributed by atoms with Crippen molar-refractivity contribution in [2.75, 3.05) is 5.75 Å². The number of nitrogens with zero attached hydrogens (tertiary/aromatic N) is 3. The van der Waals surface area contributed by atoms with Gasteiger partial charge >= 0.3 is 0 Å². The van der Waals surface area contributed by atoms with Crippen LogP contribution < -0.4 is 5.32 Å². The van der Waals surface area contributed by atoms with E-state index in [9.17, 15) is 4.79 Å². The molecule has 162 valence electrons. The second-order valence-corrected chi connectivity index (χ2v) is 9.99. The summed E-state index contributed by atoms with van der Waals surface area (Å²) in [5.41, 5.74) is 1.04. The van der Waals surface area contributed by atoms with Gasteiger partial charge in [0.2, 0.25) is 5.91 Å². The molecule has 30 heavy (non-hydrogen) atoms. The lowest BCUT2D eigenvalue weighted by atomic mass is 9.95. The highest BCUT2D eigenvalue weighted by atomic mass is 35.5. The molecule has 1 saturated carbocycles. The number of amides is 1. The first kappa shape index (κ1) is 23.5. The molecule has 0 saturated heterocycles. The zero-order chi connectivity index (χ0) is 21.3. The van der Waals surface area contributed by atoms with Gasteiger partial charge in [0.15, 0.2) is 5.16 Å². The smallest absolute Gasteiger partial charge is 0.230 e. The molecule has 0 radical (unpaired) electrons. The summed E-state index contributed by atoms with van der Waals surface area (Å²) in [7, 11) is 0. The molecule has 1 aliphatic rings. The van der Waals surface area contributed by atoms with Crippen LogP contribution >= 0.6 is 46.7 Å². The lowest BCUT2D eigenvalue weighted by Crippen LogP contribution is -2.37. The fraction of sp³-hybridized carbons (Fsp3) is 0.476. The molecule has 1 aromatic heterocycles. The molecule has 0 unspecified atom stereocenters. The van der Waals surface area contributed by atoms with Gasteiger partial charge in [-0.1, -0.05) is 66.4 Å². The topological polar surface area (TPSA) is 59.8 Å². The second-order valence-electron chi connectivity index (χ2n) is 7.22. The van der Waals surface area contributed by atoms with Crippen LogP contribution in [0.15, 0.2) is 36.0 Å². The highest BCUT2D eigenvalue weighted by Gasteiger charge is 2.18. The van der Waals surface area contributed by atoms with E-state index in [4.69, 9.17) is 23.2 Å². The van der Waals surface area contributed by atoms with E-state index in [-0.39, 0.29) is 5.91 Å². The second kappa shape index (κ2) is 12.0. The number of hydrogen-bond donors (Lipinski definition) is 1. The summed E-state index contributed by atoms with van der Waals surface area (Å²) in [6.45, 7) is 4.44. The predicted molar refractivity (Wildman–Crippen MR) is 127 cm³/mol. The maximum atomic E-state index is 12.3. The summed E-state index contributed by atoms with van der Waals surface area (Å²) in [6, 6.07) is 5.87. The van der Waals surface area contributed by atoms with Crippen LogP contribution in [0.2, 0.25) is 10.0 Å². The number of allylic oxidation sites excluding steroid dienone is 1. The summed E-state index contributed by atoms with van der Waals surface area (Å²) in [4.78, 5) is 12.3. The first-order chi connectivity index (χ1) is 14.6. The van der Waals surface area contributed by atoms with Crippen LogP contribution in [-0.2, 0) is 22.8 Å². The standard InChI is InChI=1S/C21H26Cl2N4OS2/c1-2-10-27-19(13-29-12-15-8-9-16(22)11-18(15)23)25-26-21(27)30-14-20(28)24-17-6-4-3-5-7-17/h2,8-9,11,17H,1,3-7,10,12-14H2,(H,24,28). The number of halogens is 2. The molecule has 5 nitrogen and oxygen atoms in total. The van der Waals surface area contributed by atoms with Crippen LogP contribution in [-0.4, -0.2) is 32.5 Å². The molecule has 0 atom stereocenters. The Morgan fingerprint density at radius 2 is 2.03 bits per heavy atom. The molecular weight excluding hydrogens is 459 g/mol. The molecule has 2 aromatic rings. The largest absolute Gasteiger partial charge is 0.353 e. The average Bonchev–Trinajstić information content (AvgIpc) is 3.11. The van der Waals surface area contributed by atoms with Gasteiger partial charge in [-0.2, -0.15) is 0 Å². The molecule has 3 rings (SSSR count). The van der Waals surface area contributed by atoms with Crippen LogP contribution in [0.25, 0.3) is 0 Å². The highest BCUT2D eigenvalue weighted by molar-refractivity contribution is 7.99. The quantitative estimate of drug-likeness (QED) is 0.343. The van der Waals surface area contributed by atoms with Crippen molar-refractivity contribution in [3.8, 4) is 0 Å². The summed E-state index contributed by atoms with van der Waals surface area (Å²) in [5, 5.41) is 13.8. The number of rotatable bonds is 10. The van der Waals surface area contributed by atoms with Gasteiger partial charge in [-0.3, -0.25) is 4.79 Å². The fourth-order valence-electron chi connectivity index (χ4n) is 3.38. The zero-order valence-electron chi connectivity index (χ0n) is 16.8. The Kier molecular flexibility index (Phi) is 9.43. The van der Waals surface area contributed by atoms with Crippen molar-refractivity contribution < 1.29 is 4.79 Å². The van der Waals surface area contributed by atoms with Crippen molar-refractivity contribution in [1.29, 1.82) is 0 Å². The number of aromatic nitrogens is 3. The minimum atomic E-state index is 0.0633. The maximum Gasteiger partial charge on any atom is 0.230 e. The van der Waals surface area contributed by atoms with Gasteiger partial charge in [0.1, 0.15) is 5.82 Å². The van der Waals surface area contributed by atoms with Crippen LogP contribution in [0.4, 0.5) is 0 Å². The Morgan fingerprint density at radius 3 is 2.77 bits per heavy atom. The molecule has 0 aliphatic heterocycles. The lowest BCUT2D eigenvalue weighted by molar-refractivity contribution is -0.119. The van der Waals surface area contributed by atoms with E-state index in [0.717, 1.165) is 35.1 Å². The Hall–Kier alpha value is -1.15. The van der Waals surface area contributed by atoms with E-state index in [1.165, 1.54) is 31.0 Å². The maximum absolute atomic E-state index is 12.3. The molecule has 1 N–H and O–H groups in total. The van der Waals surface area contributed by atoms with Gasteiger partial charge < -0.3 is 9.88 Å². The SMILES string of the molecule is C=CCn1c(CSCc2ccc(Cl)cc2Cl)nnc1SCC(=O)NC1CCCCC1.